The molecule has 2 N–H and O–H groups in total. The van der Waals surface area contributed by atoms with E-state index in [4.69, 9.17) is 11.1 Å². The fourth-order valence-electron chi connectivity index (χ4n) is 1.15. The Bertz CT molecular complexity index is 423. The summed E-state index contributed by atoms with van der Waals surface area (Å²) in [4.78, 5) is 22.6. The lowest BCUT2D eigenvalue weighted by Gasteiger charge is -2.12. The van der Waals surface area contributed by atoms with Crippen LogP contribution < -0.4 is 5.84 Å². The topological polar surface area (TPSA) is 87.2 Å². The maximum atomic E-state index is 11.5. The van der Waals surface area contributed by atoms with Crippen LogP contribution >= 0.6 is 0 Å². The van der Waals surface area contributed by atoms with Gasteiger partial charge in [0, 0.05) is 0 Å². The minimum atomic E-state index is -0.691. The van der Waals surface area contributed by atoms with E-state index in [-0.39, 0.29) is 6.42 Å². The molecule has 2 amide bonds. The molecule has 0 fully saturated rings. The average molecular weight is 217 g/mol. The van der Waals surface area contributed by atoms with Crippen molar-refractivity contribution < 1.29 is 9.59 Å². The number of carbonyl (C=O) groups is 2. The van der Waals surface area contributed by atoms with Crippen molar-refractivity contribution in [3.05, 3.63) is 35.9 Å². The Morgan fingerprint density at radius 1 is 1.25 bits per heavy atom. The minimum Gasteiger partial charge on any atom is -0.273 e. The predicted octanol–water partition coefficient (Wildman–Crippen LogP) is 0.372. The van der Waals surface area contributed by atoms with Crippen LogP contribution in [-0.4, -0.2) is 16.8 Å². The first-order valence-corrected chi connectivity index (χ1v) is 4.66. The largest absolute Gasteiger partial charge is 0.273 e. The smallest absolute Gasteiger partial charge is 0.257 e. The highest BCUT2D eigenvalue weighted by atomic mass is 16.2. The Hall–Kier alpha value is -2.19. The summed E-state index contributed by atoms with van der Waals surface area (Å²) in [6.07, 6.45) is -0.342. The minimum absolute atomic E-state index is 0.0501. The van der Waals surface area contributed by atoms with Crippen LogP contribution in [0.3, 0.4) is 0 Å². The van der Waals surface area contributed by atoms with Gasteiger partial charge in [-0.05, 0) is 5.56 Å². The van der Waals surface area contributed by atoms with E-state index < -0.39 is 18.2 Å². The zero-order valence-corrected chi connectivity index (χ0v) is 8.59. The highest BCUT2D eigenvalue weighted by Gasteiger charge is 2.17. The van der Waals surface area contributed by atoms with Gasteiger partial charge in [0.2, 0.25) is 5.91 Å². The van der Waals surface area contributed by atoms with Crippen molar-refractivity contribution in [2.45, 2.75) is 12.8 Å². The predicted molar refractivity (Wildman–Crippen MR) is 56.4 cm³/mol. The number of nitrogens with two attached hydrogens (primary N) is 1. The molecule has 0 aromatic heterocycles. The summed E-state index contributed by atoms with van der Waals surface area (Å²) in [7, 11) is 0. The third-order valence-corrected chi connectivity index (χ3v) is 1.97. The Morgan fingerprint density at radius 2 is 1.88 bits per heavy atom. The second-order valence-corrected chi connectivity index (χ2v) is 3.15. The maximum absolute atomic E-state index is 11.5. The SMILES string of the molecule is N#CCC(=O)N(N)C(=O)Cc1ccccc1. The third kappa shape index (κ3) is 3.19. The molecule has 0 saturated heterocycles. The zero-order chi connectivity index (χ0) is 12.0. The highest BCUT2D eigenvalue weighted by Crippen LogP contribution is 2.01. The molecule has 0 aliphatic carbocycles. The molecule has 16 heavy (non-hydrogen) atoms. The number of nitrogens with zero attached hydrogens (tertiary/aromatic N) is 2. The first kappa shape index (κ1) is 11.9. The Morgan fingerprint density at radius 3 is 2.44 bits per heavy atom. The summed E-state index contributed by atoms with van der Waals surface area (Å²) in [6.45, 7) is 0. The van der Waals surface area contributed by atoms with E-state index in [2.05, 4.69) is 0 Å². The van der Waals surface area contributed by atoms with Crippen LogP contribution in [0.5, 0.6) is 0 Å². The summed E-state index contributed by atoms with van der Waals surface area (Å²) in [5.41, 5.74) is 0.771. The molecule has 0 unspecified atom stereocenters. The van der Waals surface area contributed by atoms with Gasteiger partial charge in [-0.3, -0.25) is 9.59 Å². The number of nitriles is 1. The van der Waals surface area contributed by atoms with Gasteiger partial charge in [0.25, 0.3) is 5.91 Å². The van der Waals surface area contributed by atoms with Crippen molar-refractivity contribution in [2.75, 3.05) is 0 Å². The van der Waals surface area contributed by atoms with Crippen LogP contribution in [0.2, 0.25) is 0 Å². The molecule has 0 bridgehead atoms. The van der Waals surface area contributed by atoms with Gasteiger partial charge in [0.05, 0.1) is 12.5 Å². The Balaban J connectivity index is 2.60. The van der Waals surface area contributed by atoms with E-state index in [1.54, 1.807) is 30.3 Å². The van der Waals surface area contributed by atoms with Gasteiger partial charge in [0.1, 0.15) is 6.42 Å². The number of hydrogen-bond acceptors (Lipinski definition) is 4. The van der Waals surface area contributed by atoms with Crippen LogP contribution in [-0.2, 0) is 16.0 Å². The van der Waals surface area contributed by atoms with Crippen LogP contribution in [0.1, 0.15) is 12.0 Å². The van der Waals surface area contributed by atoms with Gasteiger partial charge in [-0.25, -0.2) is 10.9 Å². The fourth-order valence-corrected chi connectivity index (χ4v) is 1.15. The van der Waals surface area contributed by atoms with Crippen LogP contribution in [0.25, 0.3) is 0 Å². The Kier molecular flexibility index (Phi) is 4.18. The van der Waals surface area contributed by atoms with E-state index in [1.807, 2.05) is 6.07 Å². The highest BCUT2D eigenvalue weighted by molar-refractivity contribution is 5.96. The number of carbonyl (C=O) groups excluding carboxylic acids is 2. The molecule has 1 aromatic carbocycles. The van der Waals surface area contributed by atoms with Gasteiger partial charge in [-0.15, -0.1) is 0 Å². The summed E-state index contributed by atoms with van der Waals surface area (Å²) >= 11 is 0. The number of hydrogen-bond donors (Lipinski definition) is 1. The molecule has 0 atom stereocenters. The van der Waals surface area contributed by atoms with Crippen LogP contribution in [0.4, 0.5) is 0 Å². The van der Waals surface area contributed by atoms with Crippen molar-refractivity contribution in [2.24, 2.45) is 5.84 Å². The van der Waals surface area contributed by atoms with Crippen molar-refractivity contribution in [1.29, 1.82) is 5.26 Å². The van der Waals surface area contributed by atoms with Gasteiger partial charge >= 0.3 is 0 Å². The summed E-state index contributed by atoms with van der Waals surface area (Å²) in [5, 5.41) is 8.79. The molecular formula is C11H11N3O2. The summed E-state index contributed by atoms with van der Waals surface area (Å²) < 4.78 is 0. The maximum Gasteiger partial charge on any atom is 0.257 e. The lowest BCUT2D eigenvalue weighted by atomic mass is 10.1. The molecule has 5 nitrogen and oxygen atoms in total. The van der Waals surface area contributed by atoms with E-state index in [0.29, 0.717) is 5.01 Å². The summed E-state index contributed by atoms with van der Waals surface area (Å²) in [5.74, 6) is 4.06. The lowest BCUT2D eigenvalue weighted by molar-refractivity contribution is -0.144. The first-order valence-electron chi connectivity index (χ1n) is 4.66. The molecule has 0 aliphatic rings. The van der Waals surface area contributed by atoms with Gasteiger partial charge in [-0.1, -0.05) is 30.3 Å². The van der Waals surface area contributed by atoms with Crippen molar-refractivity contribution in [3.8, 4) is 6.07 Å². The number of hydrazine groups is 1. The fraction of sp³-hybridized carbons (Fsp3) is 0.182. The Labute approximate surface area is 93.0 Å². The van der Waals surface area contributed by atoms with Gasteiger partial charge in [-0.2, -0.15) is 5.26 Å². The van der Waals surface area contributed by atoms with Crippen LogP contribution in [0.15, 0.2) is 30.3 Å². The molecule has 0 spiro atoms. The molecule has 0 heterocycles. The van der Waals surface area contributed by atoms with Gasteiger partial charge in [0.15, 0.2) is 0 Å². The molecule has 5 heteroatoms. The number of imide groups is 1. The first-order chi connectivity index (χ1) is 7.65. The third-order valence-electron chi connectivity index (χ3n) is 1.97. The number of benzene rings is 1. The van der Waals surface area contributed by atoms with Crippen molar-refractivity contribution >= 4 is 11.8 Å². The normalized spacial score (nSPS) is 9.25. The molecule has 82 valence electrons. The van der Waals surface area contributed by atoms with Crippen LogP contribution in [0, 0.1) is 11.3 Å². The standard InChI is InChI=1S/C11H11N3O2/c12-7-6-10(15)14(13)11(16)8-9-4-2-1-3-5-9/h1-5H,6,8,13H2. The van der Waals surface area contributed by atoms with E-state index in [0.717, 1.165) is 5.56 Å². The average Bonchev–Trinajstić information content (AvgIpc) is 2.29. The second kappa shape index (κ2) is 5.63. The monoisotopic (exact) mass is 217 g/mol. The summed E-state index contributed by atoms with van der Waals surface area (Å²) in [6, 6.07) is 10.6. The molecule has 0 aliphatic heterocycles. The molecular weight excluding hydrogens is 206 g/mol. The second-order valence-electron chi connectivity index (χ2n) is 3.15. The molecule has 0 saturated carbocycles. The molecule has 0 radical (unpaired) electrons. The van der Waals surface area contributed by atoms with Gasteiger partial charge < -0.3 is 0 Å². The quantitative estimate of drug-likeness (QED) is 0.450. The van der Waals surface area contributed by atoms with E-state index in [1.165, 1.54) is 0 Å². The zero-order valence-electron chi connectivity index (χ0n) is 8.59. The molecule has 1 rings (SSSR count). The number of rotatable bonds is 3. The molecule has 1 aromatic rings. The van der Waals surface area contributed by atoms with Crippen molar-refractivity contribution in [3.63, 3.8) is 0 Å². The lowest BCUT2D eigenvalue weighted by Crippen LogP contribution is -2.43. The van der Waals surface area contributed by atoms with E-state index in [9.17, 15) is 9.59 Å². The number of amides is 2. The van der Waals surface area contributed by atoms with E-state index >= 15 is 0 Å². The van der Waals surface area contributed by atoms with Crippen molar-refractivity contribution in [1.82, 2.24) is 5.01 Å².